The van der Waals surface area contributed by atoms with E-state index in [2.05, 4.69) is 5.32 Å². The van der Waals surface area contributed by atoms with E-state index in [1.54, 1.807) is 31.2 Å². The fourth-order valence-corrected chi connectivity index (χ4v) is 3.54. The molecule has 2 rings (SSSR count). The molecule has 0 saturated heterocycles. The first-order valence-corrected chi connectivity index (χ1v) is 9.55. The molecule has 3 atom stereocenters. The van der Waals surface area contributed by atoms with Crippen molar-refractivity contribution in [3.8, 4) is 0 Å². The summed E-state index contributed by atoms with van der Waals surface area (Å²) in [5, 5.41) is 15.0. The first-order chi connectivity index (χ1) is 11.7. The van der Waals surface area contributed by atoms with Crippen molar-refractivity contribution in [2.45, 2.75) is 39.1 Å². The molecule has 0 aromatic heterocycles. The number of benzene rings is 2. The van der Waals surface area contributed by atoms with Crippen molar-refractivity contribution >= 4 is 35.4 Å². The predicted octanol–water partition coefficient (Wildman–Crippen LogP) is 4.09. The fourth-order valence-electron chi connectivity index (χ4n) is 2.40. The van der Waals surface area contributed by atoms with Crippen LogP contribution in [0.3, 0.4) is 0 Å². The van der Waals surface area contributed by atoms with Crippen LogP contribution < -0.4 is 11.1 Å². The molecule has 2 aromatic carbocycles. The number of rotatable bonds is 7. The van der Waals surface area contributed by atoms with Crippen LogP contribution in [0.2, 0.25) is 0 Å². The van der Waals surface area contributed by atoms with Gasteiger partial charge in [0.2, 0.25) is 0 Å². The van der Waals surface area contributed by atoms with E-state index in [9.17, 15) is 19.6 Å². The van der Waals surface area contributed by atoms with Crippen LogP contribution in [-0.2, 0) is 9.09 Å². The lowest BCUT2D eigenvalue weighted by Crippen LogP contribution is -2.20. The van der Waals surface area contributed by atoms with Crippen molar-refractivity contribution in [3.63, 3.8) is 0 Å². The molecule has 0 radical (unpaired) electrons. The van der Waals surface area contributed by atoms with Crippen LogP contribution in [0.4, 0.5) is 17.1 Å². The first-order valence-electron chi connectivity index (χ1n) is 7.90. The molecule has 0 amide bonds. The SMILES string of the molecule is CCC(C)OP(=O)(O)C(C)Nc1c(N)cc([N+](=O)[O-])c2ccccc12. The topological polar surface area (TPSA) is 128 Å². The maximum Gasteiger partial charge on any atom is 0.350 e. The number of nitrogens with one attached hydrogen (secondary N) is 1. The average molecular weight is 367 g/mol. The third kappa shape index (κ3) is 4.10. The van der Waals surface area contributed by atoms with Gasteiger partial charge < -0.3 is 20.5 Å². The highest BCUT2D eigenvalue weighted by Crippen LogP contribution is 2.50. The Morgan fingerprint density at radius 3 is 2.52 bits per heavy atom. The summed E-state index contributed by atoms with van der Waals surface area (Å²) in [6.45, 7) is 5.08. The zero-order valence-electron chi connectivity index (χ0n) is 14.3. The summed E-state index contributed by atoms with van der Waals surface area (Å²) in [6, 6.07) is 7.93. The molecule has 0 spiro atoms. The summed E-state index contributed by atoms with van der Waals surface area (Å²) in [4.78, 5) is 20.9. The van der Waals surface area contributed by atoms with E-state index >= 15 is 0 Å². The van der Waals surface area contributed by atoms with Crippen molar-refractivity contribution < 1.29 is 18.9 Å². The van der Waals surface area contributed by atoms with Crippen molar-refractivity contribution in [1.29, 1.82) is 0 Å². The van der Waals surface area contributed by atoms with Gasteiger partial charge in [-0.1, -0.05) is 25.1 Å². The minimum absolute atomic E-state index is 0.116. The third-order valence-electron chi connectivity index (χ3n) is 4.00. The lowest BCUT2D eigenvalue weighted by Gasteiger charge is -2.25. The highest BCUT2D eigenvalue weighted by Gasteiger charge is 2.31. The number of fused-ring (bicyclic) bond motifs is 1. The highest BCUT2D eigenvalue weighted by atomic mass is 31.2. The normalized spacial score (nSPS) is 16.2. The Morgan fingerprint density at radius 1 is 1.36 bits per heavy atom. The number of nitrogens with two attached hydrogens (primary N) is 1. The van der Waals surface area contributed by atoms with Crippen LogP contribution in [0, 0.1) is 10.1 Å². The van der Waals surface area contributed by atoms with E-state index in [-0.39, 0.29) is 17.5 Å². The van der Waals surface area contributed by atoms with Crippen LogP contribution in [0.5, 0.6) is 0 Å². The standard InChI is InChI=1S/C16H22N3O5P/c1-4-10(2)24-25(22,23)11(3)18-16-13-8-6-5-7-12(13)15(19(20)21)9-14(16)17/h5-11,18H,4,17H2,1-3H3,(H,22,23). The first kappa shape index (κ1) is 19.2. The van der Waals surface area contributed by atoms with E-state index < -0.39 is 18.3 Å². The zero-order chi connectivity index (χ0) is 18.8. The summed E-state index contributed by atoms with van der Waals surface area (Å²) >= 11 is 0. The number of nitro benzene ring substituents is 1. The summed E-state index contributed by atoms with van der Waals surface area (Å²) < 4.78 is 17.7. The third-order valence-corrected chi connectivity index (χ3v) is 5.77. The van der Waals surface area contributed by atoms with E-state index in [4.69, 9.17) is 10.3 Å². The number of non-ortho nitro benzene ring substituents is 1. The molecule has 25 heavy (non-hydrogen) atoms. The maximum absolute atomic E-state index is 12.4. The van der Waals surface area contributed by atoms with Gasteiger partial charge in [0.1, 0.15) is 5.78 Å². The number of hydrogen-bond acceptors (Lipinski definition) is 6. The Labute approximate surface area is 145 Å². The number of nitrogens with zero attached hydrogens (tertiary/aromatic N) is 1. The molecule has 8 nitrogen and oxygen atoms in total. The molecule has 0 aliphatic rings. The summed E-state index contributed by atoms with van der Waals surface area (Å²) in [7, 11) is -3.95. The van der Waals surface area contributed by atoms with Gasteiger partial charge in [-0.05, 0) is 26.3 Å². The predicted molar refractivity (Wildman–Crippen MR) is 98.8 cm³/mol. The molecule has 0 aliphatic heterocycles. The number of nitrogen functional groups attached to an aromatic ring is 1. The molecule has 0 heterocycles. The Morgan fingerprint density at radius 2 is 1.96 bits per heavy atom. The van der Waals surface area contributed by atoms with Crippen molar-refractivity contribution in [3.05, 3.63) is 40.4 Å². The Hall–Kier alpha value is -2.15. The van der Waals surface area contributed by atoms with Gasteiger partial charge in [0.25, 0.3) is 5.69 Å². The maximum atomic E-state index is 12.4. The Kier molecular flexibility index (Phi) is 5.67. The number of anilines is 2. The van der Waals surface area contributed by atoms with Gasteiger partial charge in [0, 0.05) is 11.5 Å². The molecule has 4 N–H and O–H groups in total. The van der Waals surface area contributed by atoms with Gasteiger partial charge in [-0.2, -0.15) is 0 Å². The molecule has 2 aromatic rings. The van der Waals surface area contributed by atoms with Crippen LogP contribution in [0.25, 0.3) is 10.8 Å². The fraction of sp³-hybridized carbons (Fsp3) is 0.375. The lowest BCUT2D eigenvalue weighted by molar-refractivity contribution is -0.383. The number of nitro groups is 1. The molecular formula is C16H22N3O5P. The second-order valence-electron chi connectivity index (χ2n) is 5.87. The van der Waals surface area contributed by atoms with E-state index in [0.717, 1.165) is 0 Å². The minimum atomic E-state index is -3.95. The van der Waals surface area contributed by atoms with Gasteiger partial charge in [-0.3, -0.25) is 14.7 Å². The monoisotopic (exact) mass is 367 g/mol. The molecule has 0 fully saturated rings. The van der Waals surface area contributed by atoms with Gasteiger partial charge >= 0.3 is 7.60 Å². The van der Waals surface area contributed by atoms with E-state index in [1.165, 1.54) is 13.0 Å². The lowest BCUT2D eigenvalue weighted by atomic mass is 10.1. The van der Waals surface area contributed by atoms with Crippen LogP contribution in [0.15, 0.2) is 30.3 Å². The molecule has 9 heteroatoms. The second-order valence-corrected chi connectivity index (χ2v) is 7.98. The largest absolute Gasteiger partial charge is 0.397 e. The Bertz CT molecular complexity index is 842. The van der Waals surface area contributed by atoms with Gasteiger partial charge in [-0.25, -0.2) is 0 Å². The zero-order valence-corrected chi connectivity index (χ0v) is 15.2. The van der Waals surface area contributed by atoms with Crippen molar-refractivity contribution in [2.75, 3.05) is 11.1 Å². The van der Waals surface area contributed by atoms with Gasteiger partial charge in [0.05, 0.1) is 27.8 Å². The molecule has 0 saturated carbocycles. The average Bonchev–Trinajstić information content (AvgIpc) is 2.56. The van der Waals surface area contributed by atoms with E-state index in [0.29, 0.717) is 22.9 Å². The van der Waals surface area contributed by atoms with Crippen molar-refractivity contribution in [1.82, 2.24) is 0 Å². The molecule has 0 aliphatic carbocycles. The quantitative estimate of drug-likeness (QED) is 0.291. The summed E-state index contributed by atoms with van der Waals surface area (Å²) in [5.41, 5.74) is 6.35. The molecular weight excluding hydrogens is 345 g/mol. The second kappa shape index (κ2) is 7.39. The van der Waals surface area contributed by atoms with Crippen molar-refractivity contribution in [2.24, 2.45) is 0 Å². The van der Waals surface area contributed by atoms with E-state index in [1.807, 2.05) is 6.92 Å². The molecule has 3 unspecified atom stereocenters. The van der Waals surface area contributed by atoms with Crippen LogP contribution in [0.1, 0.15) is 27.2 Å². The van der Waals surface area contributed by atoms with Crippen LogP contribution >= 0.6 is 7.60 Å². The van der Waals surface area contributed by atoms with Crippen LogP contribution in [-0.4, -0.2) is 21.7 Å². The smallest absolute Gasteiger partial charge is 0.350 e. The molecule has 136 valence electrons. The highest BCUT2D eigenvalue weighted by molar-refractivity contribution is 7.53. The molecule has 0 bridgehead atoms. The Balaban J connectivity index is 2.45. The van der Waals surface area contributed by atoms with Gasteiger partial charge in [-0.15, -0.1) is 0 Å². The number of hydrogen-bond donors (Lipinski definition) is 3. The minimum Gasteiger partial charge on any atom is -0.397 e. The van der Waals surface area contributed by atoms with Gasteiger partial charge in [0.15, 0.2) is 0 Å². The summed E-state index contributed by atoms with van der Waals surface area (Å²) in [5.74, 6) is -0.936. The summed E-state index contributed by atoms with van der Waals surface area (Å²) in [6.07, 6.45) is 0.228.